The third kappa shape index (κ3) is 5.30. The number of carbonyl (C=O) groups is 1. The van der Waals surface area contributed by atoms with Crippen LogP contribution in [0.25, 0.3) is 0 Å². The van der Waals surface area contributed by atoms with Crippen molar-refractivity contribution < 1.29 is 14.4 Å². The summed E-state index contributed by atoms with van der Waals surface area (Å²) in [7, 11) is 0. The van der Waals surface area contributed by atoms with Gasteiger partial charge >= 0.3 is 0 Å². The van der Waals surface area contributed by atoms with Gasteiger partial charge in [-0.05, 0) is 11.6 Å². The highest BCUT2D eigenvalue weighted by atomic mass is 32.2. The van der Waals surface area contributed by atoms with Crippen molar-refractivity contribution in [3.8, 4) is 0 Å². The van der Waals surface area contributed by atoms with Crippen molar-refractivity contribution in [1.82, 2.24) is 9.97 Å². The summed E-state index contributed by atoms with van der Waals surface area (Å²) in [5, 5.41) is 23.2. The number of aryl methyl sites for hydroxylation is 1. The highest BCUT2D eigenvalue weighted by Gasteiger charge is 2.12. The standard InChI is InChI=1S/C17H17N4O4S2/c1-2-12-8-18-15(25-12)10-26-16-9-19-17(27-16)20-14(22)7-11-5-3-4-6-13(11)21(23)24/h3-6,8-9,23H,2,7,10H2,1H3,(H,19,20,22)/q-1. The zero-order valence-corrected chi connectivity index (χ0v) is 16.0. The Morgan fingerprint density at radius 2 is 2.19 bits per heavy atom. The van der Waals surface area contributed by atoms with Crippen molar-refractivity contribution in [3.63, 3.8) is 0 Å². The molecule has 2 N–H and O–H groups in total. The lowest BCUT2D eigenvalue weighted by Crippen LogP contribution is -2.17. The molecule has 0 saturated carbocycles. The van der Waals surface area contributed by atoms with Gasteiger partial charge in [0.05, 0.1) is 34.5 Å². The molecular formula is C17H17N4O4S2-. The predicted molar refractivity (Wildman–Crippen MR) is 104 cm³/mol. The molecule has 0 unspecified atom stereocenters. The molecule has 3 rings (SSSR count). The minimum atomic E-state index is -0.324. The number of para-hydroxylation sites is 1. The van der Waals surface area contributed by atoms with Gasteiger partial charge in [-0.3, -0.25) is 10.0 Å². The Kier molecular flexibility index (Phi) is 6.45. The lowest BCUT2D eigenvalue weighted by atomic mass is 10.1. The van der Waals surface area contributed by atoms with Gasteiger partial charge in [-0.25, -0.2) is 9.97 Å². The van der Waals surface area contributed by atoms with Gasteiger partial charge in [0, 0.05) is 6.42 Å². The lowest BCUT2D eigenvalue weighted by Gasteiger charge is -2.24. The highest BCUT2D eigenvalue weighted by Crippen LogP contribution is 2.30. The van der Waals surface area contributed by atoms with Gasteiger partial charge < -0.3 is 20.2 Å². The van der Waals surface area contributed by atoms with Crippen LogP contribution >= 0.6 is 23.1 Å². The monoisotopic (exact) mass is 405 g/mol. The van der Waals surface area contributed by atoms with E-state index < -0.39 is 0 Å². The smallest absolute Gasteiger partial charge is 0.230 e. The molecule has 8 nitrogen and oxygen atoms in total. The maximum absolute atomic E-state index is 12.2. The van der Waals surface area contributed by atoms with E-state index in [1.54, 1.807) is 30.6 Å². The maximum Gasteiger partial charge on any atom is 0.230 e. The van der Waals surface area contributed by atoms with E-state index in [0.717, 1.165) is 16.4 Å². The molecule has 2 aromatic heterocycles. The number of thiazole rings is 1. The fraction of sp³-hybridized carbons (Fsp3) is 0.235. The van der Waals surface area contributed by atoms with Gasteiger partial charge in [-0.1, -0.05) is 36.5 Å². The molecule has 0 aliphatic heterocycles. The summed E-state index contributed by atoms with van der Waals surface area (Å²) in [6, 6.07) is 6.36. The quantitative estimate of drug-likeness (QED) is 0.429. The van der Waals surface area contributed by atoms with Crippen LogP contribution < -0.4 is 10.5 Å². The summed E-state index contributed by atoms with van der Waals surface area (Å²) in [6.07, 6.45) is 4.16. The first-order valence-corrected chi connectivity index (χ1v) is 9.91. The lowest BCUT2D eigenvalue weighted by molar-refractivity contribution is -0.115. The van der Waals surface area contributed by atoms with Gasteiger partial charge in [0.1, 0.15) is 5.76 Å². The molecule has 0 aliphatic rings. The molecule has 27 heavy (non-hydrogen) atoms. The second kappa shape index (κ2) is 9.00. The average molecular weight is 405 g/mol. The number of rotatable bonds is 8. The molecule has 1 amide bonds. The molecule has 0 bridgehead atoms. The molecular weight excluding hydrogens is 388 g/mol. The van der Waals surface area contributed by atoms with E-state index in [1.807, 2.05) is 6.92 Å². The van der Waals surface area contributed by atoms with Crippen LogP contribution in [0.4, 0.5) is 10.8 Å². The number of anilines is 2. The Labute approximate surface area is 163 Å². The largest absolute Gasteiger partial charge is 0.733 e. The Balaban J connectivity index is 1.55. The second-order valence-corrected chi connectivity index (χ2v) is 7.78. The van der Waals surface area contributed by atoms with Gasteiger partial charge in [-0.2, -0.15) is 0 Å². The van der Waals surface area contributed by atoms with Crippen molar-refractivity contribution in [2.24, 2.45) is 0 Å². The maximum atomic E-state index is 12.2. The van der Waals surface area contributed by atoms with E-state index >= 15 is 0 Å². The third-order valence-electron chi connectivity index (χ3n) is 3.57. The average Bonchev–Trinajstić information content (AvgIpc) is 3.29. The first kappa shape index (κ1) is 19.4. The predicted octanol–water partition coefficient (Wildman–Crippen LogP) is 3.86. The van der Waals surface area contributed by atoms with Crippen molar-refractivity contribution in [3.05, 3.63) is 59.1 Å². The van der Waals surface area contributed by atoms with Gasteiger partial charge in [0.2, 0.25) is 11.8 Å². The SMILES string of the molecule is CCc1cnc(CSc2cnc(NC(=O)Cc3ccccc3N([O-])O)s2)o1. The van der Waals surface area contributed by atoms with Gasteiger partial charge in [-0.15, -0.1) is 11.8 Å². The first-order valence-electron chi connectivity index (χ1n) is 8.11. The van der Waals surface area contributed by atoms with Crippen LogP contribution in [-0.4, -0.2) is 21.1 Å². The van der Waals surface area contributed by atoms with Gasteiger partial charge in [0.15, 0.2) is 5.13 Å². The number of benzene rings is 1. The van der Waals surface area contributed by atoms with Crippen molar-refractivity contribution in [2.75, 3.05) is 10.5 Å². The van der Waals surface area contributed by atoms with Crippen LogP contribution in [0.15, 0.2) is 45.3 Å². The molecule has 0 saturated heterocycles. The summed E-state index contributed by atoms with van der Waals surface area (Å²) >= 11 is 2.87. The normalized spacial score (nSPS) is 10.8. The summed E-state index contributed by atoms with van der Waals surface area (Å²) in [6.45, 7) is 2.00. The van der Waals surface area contributed by atoms with Crippen LogP contribution in [0.3, 0.4) is 0 Å². The van der Waals surface area contributed by atoms with E-state index in [1.165, 1.54) is 29.2 Å². The number of nitrogens with zero attached hydrogens (tertiary/aromatic N) is 3. The Morgan fingerprint density at radius 1 is 1.37 bits per heavy atom. The molecule has 1 aromatic carbocycles. The fourth-order valence-electron chi connectivity index (χ4n) is 2.28. The summed E-state index contributed by atoms with van der Waals surface area (Å²) in [4.78, 5) is 20.6. The van der Waals surface area contributed by atoms with Crippen molar-refractivity contribution in [2.45, 2.75) is 29.7 Å². The molecule has 0 fully saturated rings. The molecule has 0 radical (unpaired) electrons. The van der Waals surface area contributed by atoms with Gasteiger partial charge in [0.25, 0.3) is 0 Å². The molecule has 0 atom stereocenters. The zero-order valence-electron chi connectivity index (χ0n) is 14.4. The number of thioether (sulfide) groups is 1. The molecule has 2 heterocycles. The molecule has 0 spiro atoms. The summed E-state index contributed by atoms with van der Waals surface area (Å²) in [5.74, 6) is 1.76. The molecule has 0 aliphatic carbocycles. The minimum Gasteiger partial charge on any atom is -0.733 e. The Hall–Kier alpha value is -2.40. The highest BCUT2D eigenvalue weighted by molar-refractivity contribution is 8.00. The number of aromatic nitrogens is 2. The second-order valence-electron chi connectivity index (χ2n) is 5.47. The minimum absolute atomic E-state index is 0.0421. The molecule has 3 aromatic rings. The molecule has 142 valence electrons. The van der Waals surface area contributed by atoms with Crippen LogP contribution in [0.5, 0.6) is 0 Å². The van der Waals surface area contributed by atoms with Crippen molar-refractivity contribution >= 4 is 39.8 Å². The number of carbonyl (C=O) groups excluding carboxylic acids is 1. The van der Waals surface area contributed by atoms with E-state index in [9.17, 15) is 10.0 Å². The van der Waals surface area contributed by atoms with Crippen LogP contribution in [0.2, 0.25) is 0 Å². The van der Waals surface area contributed by atoms with E-state index in [2.05, 4.69) is 15.3 Å². The number of hydrogen-bond donors (Lipinski definition) is 2. The van der Waals surface area contributed by atoms with Crippen LogP contribution in [0, 0.1) is 5.21 Å². The Bertz CT molecular complexity index is 910. The Morgan fingerprint density at radius 3 is 2.93 bits per heavy atom. The third-order valence-corrected chi connectivity index (χ3v) is 5.66. The van der Waals surface area contributed by atoms with Crippen molar-refractivity contribution in [1.29, 1.82) is 0 Å². The number of oxazole rings is 1. The fourth-order valence-corrected chi connectivity index (χ4v) is 4.02. The van der Waals surface area contributed by atoms with E-state index in [-0.39, 0.29) is 23.2 Å². The number of hydrogen-bond acceptors (Lipinski definition) is 9. The number of amides is 1. The first-order chi connectivity index (χ1) is 13.0. The van der Waals surface area contributed by atoms with E-state index in [0.29, 0.717) is 22.3 Å². The number of nitrogens with one attached hydrogen (secondary N) is 1. The van der Waals surface area contributed by atoms with E-state index in [4.69, 9.17) is 9.62 Å². The van der Waals surface area contributed by atoms with Crippen LogP contribution in [0.1, 0.15) is 24.1 Å². The summed E-state index contributed by atoms with van der Waals surface area (Å²) in [5.41, 5.74) is 0.467. The topological polar surface area (TPSA) is 115 Å². The zero-order chi connectivity index (χ0) is 19.2. The summed E-state index contributed by atoms with van der Waals surface area (Å²) < 4.78 is 6.47. The molecule has 10 heteroatoms. The van der Waals surface area contributed by atoms with Crippen LogP contribution in [-0.2, 0) is 23.4 Å².